The summed E-state index contributed by atoms with van der Waals surface area (Å²) in [6.45, 7) is 0.847. The van der Waals surface area contributed by atoms with Gasteiger partial charge in [-0.15, -0.1) is 0 Å². The van der Waals surface area contributed by atoms with Crippen LogP contribution in [0.25, 0.3) is 0 Å². The average molecular weight is 182 g/mol. The minimum atomic E-state index is 0.339. The zero-order valence-electron chi connectivity index (χ0n) is 8.97. The molecular formula is C11H22N2. The van der Waals surface area contributed by atoms with Crippen LogP contribution >= 0.6 is 0 Å². The lowest BCUT2D eigenvalue weighted by Crippen LogP contribution is -2.61. The van der Waals surface area contributed by atoms with Gasteiger partial charge in [-0.1, -0.05) is 12.8 Å². The Morgan fingerprint density at radius 3 is 1.92 bits per heavy atom. The van der Waals surface area contributed by atoms with E-state index < -0.39 is 0 Å². The van der Waals surface area contributed by atoms with Crippen LogP contribution in [0, 0.1) is 5.41 Å². The fraction of sp³-hybridized carbons (Fsp3) is 1.00. The molecule has 13 heavy (non-hydrogen) atoms. The second kappa shape index (κ2) is 2.96. The summed E-state index contributed by atoms with van der Waals surface area (Å²) in [5, 5.41) is 0. The highest BCUT2D eigenvalue weighted by Gasteiger charge is 2.57. The van der Waals surface area contributed by atoms with E-state index in [9.17, 15) is 0 Å². The summed E-state index contributed by atoms with van der Waals surface area (Å²) in [4.78, 5) is 2.40. The fourth-order valence-electron chi connectivity index (χ4n) is 3.74. The molecule has 2 rings (SSSR count). The van der Waals surface area contributed by atoms with Crippen LogP contribution in [-0.4, -0.2) is 31.1 Å². The van der Waals surface area contributed by atoms with Crippen molar-refractivity contribution in [1.29, 1.82) is 0 Å². The Balaban J connectivity index is 2.26. The first kappa shape index (κ1) is 9.47. The van der Waals surface area contributed by atoms with Crippen molar-refractivity contribution < 1.29 is 0 Å². The predicted octanol–water partition coefficient (Wildman–Crippen LogP) is 1.60. The van der Waals surface area contributed by atoms with Crippen LogP contribution in [0.15, 0.2) is 0 Å². The quantitative estimate of drug-likeness (QED) is 0.703. The van der Waals surface area contributed by atoms with Crippen LogP contribution in [0.3, 0.4) is 0 Å². The van der Waals surface area contributed by atoms with E-state index >= 15 is 0 Å². The number of hydrogen-bond donors (Lipinski definition) is 1. The predicted molar refractivity (Wildman–Crippen MR) is 55.6 cm³/mol. The monoisotopic (exact) mass is 182 g/mol. The molecule has 1 atom stereocenters. The van der Waals surface area contributed by atoms with Gasteiger partial charge in [-0.3, -0.25) is 0 Å². The molecule has 2 N–H and O–H groups in total. The van der Waals surface area contributed by atoms with Crippen molar-refractivity contribution in [3.8, 4) is 0 Å². The van der Waals surface area contributed by atoms with Crippen LogP contribution in [0.4, 0.5) is 0 Å². The Kier molecular flexibility index (Phi) is 2.16. The van der Waals surface area contributed by atoms with Crippen LogP contribution < -0.4 is 5.73 Å². The molecule has 2 saturated carbocycles. The van der Waals surface area contributed by atoms with Crippen molar-refractivity contribution >= 4 is 0 Å². The van der Waals surface area contributed by atoms with Gasteiger partial charge in [0.1, 0.15) is 0 Å². The molecule has 1 spiro atoms. The molecule has 0 radical (unpaired) electrons. The van der Waals surface area contributed by atoms with E-state index in [1.165, 1.54) is 38.5 Å². The molecule has 2 heteroatoms. The van der Waals surface area contributed by atoms with Crippen molar-refractivity contribution in [2.24, 2.45) is 11.1 Å². The Morgan fingerprint density at radius 2 is 1.62 bits per heavy atom. The molecule has 0 aliphatic heterocycles. The normalized spacial score (nSPS) is 36.9. The van der Waals surface area contributed by atoms with Crippen LogP contribution in [0.5, 0.6) is 0 Å². The molecule has 0 bridgehead atoms. The highest BCUT2D eigenvalue weighted by molar-refractivity contribution is 5.12. The third kappa shape index (κ3) is 1.02. The lowest BCUT2D eigenvalue weighted by atomic mass is 9.58. The molecule has 76 valence electrons. The van der Waals surface area contributed by atoms with Crippen LogP contribution in [0.2, 0.25) is 0 Å². The van der Waals surface area contributed by atoms with Gasteiger partial charge in [0.15, 0.2) is 0 Å². The van der Waals surface area contributed by atoms with Crippen molar-refractivity contribution in [3.05, 3.63) is 0 Å². The summed E-state index contributed by atoms with van der Waals surface area (Å²) in [6.07, 6.45) is 8.38. The van der Waals surface area contributed by atoms with Gasteiger partial charge in [-0.05, 0) is 45.2 Å². The van der Waals surface area contributed by atoms with Crippen LogP contribution in [0.1, 0.15) is 38.5 Å². The third-order valence-corrected chi connectivity index (χ3v) is 4.74. The summed E-state index contributed by atoms with van der Waals surface area (Å²) < 4.78 is 0. The summed E-state index contributed by atoms with van der Waals surface area (Å²) in [6, 6.07) is 0. The molecule has 2 aliphatic rings. The molecule has 0 aromatic rings. The summed E-state index contributed by atoms with van der Waals surface area (Å²) >= 11 is 0. The number of likely N-dealkylation sites (N-methyl/N-ethyl adjacent to an activating group) is 1. The Bertz CT molecular complexity index is 196. The van der Waals surface area contributed by atoms with E-state index in [1.807, 2.05) is 0 Å². The van der Waals surface area contributed by atoms with Gasteiger partial charge in [0.25, 0.3) is 0 Å². The van der Waals surface area contributed by atoms with Gasteiger partial charge >= 0.3 is 0 Å². The number of rotatable bonds is 2. The van der Waals surface area contributed by atoms with Crippen molar-refractivity contribution in [3.63, 3.8) is 0 Å². The van der Waals surface area contributed by atoms with Gasteiger partial charge in [0, 0.05) is 12.1 Å². The van der Waals surface area contributed by atoms with Gasteiger partial charge in [0.2, 0.25) is 0 Å². The number of nitrogens with two attached hydrogens (primary N) is 1. The number of hydrogen-bond acceptors (Lipinski definition) is 2. The van der Waals surface area contributed by atoms with E-state index in [1.54, 1.807) is 0 Å². The first-order chi connectivity index (χ1) is 6.17. The van der Waals surface area contributed by atoms with Gasteiger partial charge in [0.05, 0.1) is 0 Å². The standard InChI is InChI=1S/C11H22N2/c1-13(2)11(9-12)8-4-7-10(11)5-3-6-10/h3-9,12H2,1-2H3. The summed E-state index contributed by atoms with van der Waals surface area (Å²) in [7, 11) is 4.41. The molecule has 0 amide bonds. The number of nitrogens with zero attached hydrogens (tertiary/aromatic N) is 1. The maximum Gasteiger partial charge on any atom is 0.0381 e. The van der Waals surface area contributed by atoms with E-state index in [2.05, 4.69) is 19.0 Å². The van der Waals surface area contributed by atoms with Crippen LogP contribution in [-0.2, 0) is 0 Å². The first-order valence-corrected chi connectivity index (χ1v) is 5.54. The highest BCUT2D eigenvalue weighted by Crippen LogP contribution is 2.60. The fourth-order valence-corrected chi connectivity index (χ4v) is 3.74. The molecule has 0 heterocycles. The molecule has 0 aromatic carbocycles. The maximum absolute atomic E-state index is 6.01. The van der Waals surface area contributed by atoms with E-state index in [0.717, 1.165) is 6.54 Å². The molecule has 1 unspecified atom stereocenters. The van der Waals surface area contributed by atoms with Gasteiger partial charge in [-0.25, -0.2) is 0 Å². The SMILES string of the molecule is CN(C)C1(CN)CCCC12CCC2. The topological polar surface area (TPSA) is 29.3 Å². The molecule has 2 fully saturated rings. The van der Waals surface area contributed by atoms with E-state index in [-0.39, 0.29) is 0 Å². The first-order valence-electron chi connectivity index (χ1n) is 5.54. The summed E-state index contributed by atoms with van der Waals surface area (Å²) in [5.74, 6) is 0. The summed E-state index contributed by atoms with van der Waals surface area (Å²) in [5.41, 5.74) is 6.95. The third-order valence-electron chi connectivity index (χ3n) is 4.74. The smallest absolute Gasteiger partial charge is 0.0381 e. The lowest BCUT2D eigenvalue weighted by Gasteiger charge is -2.55. The highest BCUT2D eigenvalue weighted by atomic mass is 15.2. The van der Waals surface area contributed by atoms with Crippen molar-refractivity contribution in [2.45, 2.75) is 44.1 Å². The molecule has 2 nitrogen and oxygen atoms in total. The Hall–Kier alpha value is -0.0800. The Labute approximate surface area is 81.5 Å². The van der Waals surface area contributed by atoms with Crippen molar-refractivity contribution in [2.75, 3.05) is 20.6 Å². The van der Waals surface area contributed by atoms with Crippen molar-refractivity contribution in [1.82, 2.24) is 4.90 Å². The molecule has 0 saturated heterocycles. The molecule has 0 aromatic heterocycles. The average Bonchev–Trinajstić information content (AvgIpc) is 2.42. The zero-order chi connectivity index (χ0) is 9.53. The second-order valence-electron chi connectivity index (χ2n) is 5.12. The minimum Gasteiger partial charge on any atom is -0.329 e. The molecular weight excluding hydrogens is 160 g/mol. The molecule has 2 aliphatic carbocycles. The lowest BCUT2D eigenvalue weighted by molar-refractivity contribution is -0.0318. The Morgan fingerprint density at radius 1 is 1.08 bits per heavy atom. The van der Waals surface area contributed by atoms with Gasteiger partial charge in [-0.2, -0.15) is 0 Å². The van der Waals surface area contributed by atoms with E-state index in [4.69, 9.17) is 5.73 Å². The zero-order valence-corrected chi connectivity index (χ0v) is 8.97. The largest absolute Gasteiger partial charge is 0.329 e. The van der Waals surface area contributed by atoms with E-state index in [0.29, 0.717) is 11.0 Å². The second-order valence-corrected chi connectivity index (χ2v) is 5.12. The van der Waals surface area contributed by atoms with Gasteiger partial charge < -0.3 is 10.6 Å². The minimum absolute atomic E-state index is 0.339. The maximum atomic E-state index is 6.01.